The van der Waals surface area contributed by atoms with Crippen LogP contribution in [0.15, 0.2) is 42.5 Å². The van der Waals surface area contributed by atoms with E-state index in [4.69, 9.17) is 0 Å². The first-order valence-electron chi connectivity index (χ1n) is 9.40. The van der Waals surface area contributed by atoms with Crippen molar-refractivity contribution in [3.8, 4) is 0 Å². The predicted octanol–water partition coefficient (Wildman–Crippen LogP) is 3.35. The summed E-state index contributed by atoms with van der Waals surface area (Å²) in [6, 6.07) is 12.8. The van der Waals surface area contributed by atoms with E-state index < -0.39 is 0 Å². The number of rotatable bonds is 4. The fourth-order valence-corrected chi connectivity index (χ4v) is 3.25. The lowest BCUT2D eigenvalue weighted by Crippen LogP contribution is -2.44. The van der Waals surface area contributed by atoms with Crippen LogP contribution in [-0.2, 0) is 4.79 Å². The molecule has 2 aromatic carbocycles. The van der Waals surface area contributed by atoms with Crippen molar-refractivity contribution in [1.29, 1.82) is 0 Å². The number of carbonyl (C=O) groups excluding carboxylic acids is 2. The SMILES string of the molecule is CC(=O)Nc1cccc(NC(=O)Nc2cc(C)cc(N3CCN(C)CC3)c2)c1. The Hall–Kier alpha value is -3.06. The van der Waals surface area contributed by atoms with Gasteiger partial charge in [0.1, 0.15) is 0 Å². The summed E-state index contributed by atoms with van der Waals surface area (Å²) in [7, 11) is 2.13. The Balaban J connectivity index is 1.66. The molecule has 0 aliphatic carbocycles. The number of amides is 3. The first-order valence-corrected chi connectivity index (χ1v) is 9.40. The van der Waals surface area contributed by atoms with Crippen molar-refractivity contribution in [2.24, 2.45) is 0 Å². The van der Waals surface area contributed by atoms with Gasteiger partial charge in [-0.15, -0.1) is 0 Å². The molecule has 2 aromatic rings. The third-order valence-corrected chi connectivity index (χ3v) is 4.63. The van der Waals surface area contributed by atoms with E-state index in [0.29, 0.717) is 11.4 Å². The summed E-state index contributed by atoms with van der Waals surface area (Å²) in [6.45, 7) is 7.48. The van der Waals surface area contributed by atoms with Crippen LogP contribution in [0.2, 0.25) is 0 Å². The van der Waals surface area contributed by atoms with Gasteiger partial charge in [-0.05, 0) is 55.9 Å². The maximum Gasteiger partial charge on any atom is 0.323 e. The minimum absolute atomic E-state index is 0.155. The number of hydrogen-bond acceptors (Lipinski definition) is 4. The molecule has 0 saturated carbocycles. The van der Waals surface area contributed by atoms with Gasteiger partial charge in [0.15, 0.2) is 0 Å². The quantitative estimate of drug-likeness (QED) is 0.759. The van der Waals surface area contributed by atoms with Crippen molar-refractivity contribution in [1.82, 2.24) is 4.90 Å². The number of carbonyl (C=O) groups is 2. The molecular formula is C21H27N5O2. The van der Waals surface area contributed by atoms with Crippen LogP contribution in [0.1, 0.15) is 12.5 Å². The number of urea groups is 1. The van der Waals surface area contributed by atoms with Crippen molar-refractivity contribution in [3.63, 3.8) is 0 Å². The zero-order valence-corrected chi connectivity index (χ0v) is 16.6. The molecule has 1 fully saturated rings. The number of benzene rings is 2. The number of likely N-dealkylation sites (N-methyl/N-ethyl adjacent to an activating group) is 1. The van der Waals surface area contributed by atoms with Crippen LogP contribution in [0.4, 0.5) is 27.5 Å². The predicted molar refractivity (Wildman–Crippen MR) is 114 cm³/mol. The molecule has 7 heteroatoms. The summed E-state index contributed by atoms with van der Waals surface area (Å²) in [6.07, 6.45) is 0. The molecule has 0 spiro atoms. The van der Waals surface area contributed by atoms with Gasteiger partial charge in [-0.25, -0.2) is 4.79 Å². The largest absolute Gasteiger partial charge is 0.369 e. The van der Waals surface area contributed by atoms with Crippen LogP contribution in [0.25, 0.3) is 0 Å². The van der Waals surface area contributed by atoms with Crippen LogP contribution in [0, 0.1) is 6.92 Å². The Bertz CT molecular complexity index is 860. The first-order chi connectivity index (χ1) is 13.4. The minimum Gasteiger partial charge on any atom is -0.369 e. The summed E-state index contributed by atoms with van der Waals surface area (Å²) < 4.78 is 0. The number of hydrogen-bond donors (Lipinski definition) is 3. The molecule has 3 N–H and O–H groups in total. The standard InChI is InChI=1S/C21H27N5O2/c1-15-11-19(14-20(12-15)26-9-7-25(3)8-10-26)24-21(28)23-18-6-4-5-17(13-18)22-16(2)27/h4-6,11-14H,7-10H2,1-3H3,(H,22,27)(H2,23,24,28). The molecule has 7 nitrogen and oxygen atoms in total. The Morgan fingerprint density at radius 2 is 1.50 bits per heavy atom. The molecule has 28 heavy (non-hydrogen) atoms. The van der Waals surface area contributed by atoms with Crippen molar-refractivity contribution in [3.05, 3.63) is 48.0 Å². The van der Waals surface area contributed by atoms with Gasteiger partial charge in [0.2, 0.25) is 5.91 Å². The molecule has 3 amide bonds. The van der Waals surface area contributed by atoms with Gasteiger partial charge in [-0.2, -0.15) is 0 Å². The Morgan fingerprint density at radius 3 is 2.18 bits per heavy atom. The lowest BCUT2D eigenvalue weighted by Gasteiger charge is -2.34. The molecule has 0 radical (unpaired) electrons. The van der Waals surface area contributed by atoms with Crippen molar-refractivity contribution in [2.75, 3.05) is 54.1 Å². The molecule has 148 valence electrons. The fourth-order valence-electron chi connectivity index (χ4n) is 3.25. The maximum atomic E-state index is 12.4. The number of anilines is 4. The highest BCUT2D eigenvalue weighted by molar-refractivity contribution is 6.00. The molecule has 1 aliphatic heterocycles. The fraction of sp³-hybridized carbons (Fsp3) is 0.333. The molecule has 1 heterocycles. The third kappa shape index (κ3) is 5.47. The summed E-state index contributed by atoms with van der Waals surface area (Å²) in [4.78, 5) is 28.3. The number of aryl methyl sites for hydroxylation is 1. The van der Waals surface area contributed by atoms with Gasteiger partial charge >= 0.3 is 6.03 Å². The van der Waals surface area contributed by atoms with Crippen LogP contribution >= 0.6 is 0 Å². The average Bonchev–Trinajstić information content (AvgIpc) is 2.61. The van der Waals surface area contributed by atoms with Gasteiger partial charge in [0, 0.05) is 55.9 Å². The topological polar surface area (TPSA) is 76.7 Å². The number of nitrogens with one attached hydrogen (secondary N) is 3. The van der Waals surface area contributed by atoms with E-state index in [1.807, 2.05) is 19.1 Å². The summed E-state index contributed by atoms with van der Waals surface area (Å²) in [5.74, 6) is -0.155. The monoisotopic (exact) mass is 381 g/mol. The Kier molecular flexibility index (Phi) is 6.16. The van der Waals surface area contributed by atoms with Gasteiger partial charge in [-0.1, -0.05) is 6.07 Å². The van der Waals surface area contributed by atoms with E-state index in [0.717, 1.165) is 43.1 Å². The highest BCUT2D eigenvalue weighted by atomic mass is 16.2. The van der Waals surface area contributed by atoms with Crippen LogP contribution in [0.5, 0.6) is 0 Å². The maximum absolute atomic E-state index is 12.4. The van der Waals surface area contributed by atoms with Gasteiger partial charge in [-0.3, -0.25) is 4.79 Å². The zero-order chi connectivity index (χ0) is 20.1. The lowest BCUT2D eigenvalue weighted by atomic mass is 10.1. The smallest absolute Gasteiger partial charge is 0.323 e. The van der Waals surface area contributed by atoms with E-state index in [2.05, 4.69) is 38.9 Å². The second kappa shape index (κ2) is 8.75. The third-order valence-electron chi connectivity index (χ3n) is 4.63. The minimum atomic E-state index is -0.324. The molecule has 3 rings (SSSR count). The molecule has 0 aromatic heterocycles. The highest BCUT2D eigenvalue weighted by Crippen LogP contribution is 2.24. The second-order valence-corrected chi connectivity index (χ2v) is 7.19. The lowest BCUT2D eigenvalue weighted by molar-refractivity contribution is -0.114. The van der Waals surface area contributed by atoms with Gasteiger partial charge in [0.25, 0.3) is 0 Å². The van der Waals surface area contributed by atoms with Crippen molar-refractivity contribution in [2.45, 2.75) is 13.8 Å². The number of piperazine rings is 1. The molecular weight excluding hydrogens is 354 g/mol. The van der Waals surface area contributed by atoms with E-state index in [9.17, 15) is 9.59 Å². The number of nitrogens with zero attached hydrogens (tertiary/aromatic N) is 2. The second-order valence-electron chi connectivity index (χ2n) is 7.19. The van der Waals surface area contributed by atoms with E-state index >= 15 is 0 Å². The molecule has 0 bridgehead atoms. The Labute approximate surface area is 165 Å². The van der Waals surface area contributed by atoms with E-state index in [1.54, 1.807) is 24.3 Å². The van der Waals surface area contributed by atoms with E-state index in [1.165, 1.54) is 6.92 Å². The normalized spacial score (nSPS) is 14.5. The average molecular weight is 381 g/mol. The molecule has 0 atom stereocenters. The first kappa shape index (κ1) is 19.7. The van der Waals surface area contributed by atoms with Gasteiger partial charge in [0.05, 0.1) is 0 Å². The summed E-state index contributed by atoms with van der Waals surface area (Å²) in [5, 5.41) is 8.41. The van der Waals surface area contributed by atoms with Crippen molar-refractivity contribution >= 4 is 34.7 Å². The van der Waals surface area contributed by atoms with Crippen LogP contribution < -0.4 is 20.9 Å². The van der Waals surface area contributed by atoms with Crippen LogP contribution in [0.3, 0.4) is 0 Å². The molecule has 0 unspecified atom stereocenters. The summed E-state index contributed by atoms with van der Waals surface area (Å²) in [5.41, 5.74) is 4.22. The molecule has 1 saturated heterocycles. The van der Waals surface area contributed by atoms with Gasteiger partial charge < -0.3 is 25.8 Å². The van der Waals surface area contributed by atoms with Crippen molar-refractivity contribution < 1.29 is 9.59 Å². The molecule has 1 aliphatic rings. The van der Waals surface area contributed by atoms with E-state index in [-0.39, 0.29) is 11.9 Å². The van der Waals surface area contributed by atoms with Crippen LogP contribution in [-0.4, -0.2) is 50.1 Å². The Morgan fingerprint density at radius 1 is 0.857 bits per heavy atom. The highest BCUT2D eigenvalue weighted by Gasteiger charge is 2.15. The zero-order valence-electron chi connectivity index (χ0n) is 16.6. The summed E-state index contributed by atoms with van der Waals surface area (Å²) >= 11 is 0.